The largest absolute Gasteiger partial charge is 0.494 e. The molecule has 3 nitrogen and oxygen atoms in total. The van der Waals surface area contributed by atoms with Crippen LogP contribution in [0.5, 0.6) is 5.75 Å². The predicted molar refractivity (Wildman–Crippen MR) is 142 cm³/mol. The molecule has 0 saturated heterocycles. The maximum absolute atomic E-state index is 5.93. The van der Waals surface area contributed by atoms with Crippen molar-refractivity contribution in [3.63, 3.8) is 0 Å². The molecule has 0 aliphatic heterocycles. The zero-order chi connectivity index (χ0) is 23.6. The minimum Gasteiger partial charge on any atom is -0.494 e. The first-order chi connectivity index (χ1) is 16.2. The number of aryl methyl sites for hydroxylation is 1. The number of rotatable bonds is 19. The fourth-order valence-corrected chi connectivity index (χ4v) is 4.29. The third-order valence-electron chi connectivity index (χ3n) is 6.55. The summed E-state index contributed by atoms with van der Waals surface area (Å²) in [5, 5.41) is 0. The third kappa shape index (κ3) is 12.2. The SMILES string of the molecule is CCCCCCCCCCCc1cnc(-c2ccc(OCCCC(C)CCCC)cc2)nc1. The number of benzene rings is 1. The van der Waals surface area contributed by atoms with E-state index in [0.29, 0.717) is 0 Å². The highest BCUT2D eigenvalue weighted by Gasteiger charge is 2.04. The van der Waals surface area contributed by atoms with Crippen molar-refractivity contribution in [2.45, 2.75) is 117 Å². The Balaban J connectivity index is 1.62. The molecule has 0 amide bonds. The van der Waals surface area contributed by atoms with Gasteiger partial charge in [-0.15, -0.1) is 0 Å². The van der Waals surface area contributed by atoms with Crippen molar-refractivity contribution in [3.8, 4) is 17.1 Å². The fourth-order valence-electron chi connectivity index (χ4n) is 4.29. The van der Waals surface area contributed by atoms with E-state index in [0.717, 1.165) is 42.5 Å². The lowest BCUT2D eigenvalue weighted by Crippen LogP contribution is -2.01. The van der Waals surface area contributed by atoms with Gasteiger partial charge in [-0.25, -0.2) is 9.97 Å². The van der Waals surface area contributed by atoms with Crippen LogP contribution in [0.1, 0.15) is 116 Å². The molecule has 3 heteroatoms. The van der Waals surface area contributed by atoms with Gasteiger partial charge in [-0.1, -0.05) is 91.4 Å². The maximum Gasteiger partial charge on any atom is 0.159 e. The summed E-state index contributed by atoms with van der Waals surface area (Å²) in [7, 11) is 0. The Bertz CT molecular complexity index is 711. The molecule has 184 valence electrons. The van der Waals surface area contributed by atoms with Crippen molar-refractivity contribution in [2.24, 2.45) is 5.92 Å². The van der Waals surface area contributed by atoms with Crippen molar-refractivity contribution >= 4 is 0 Å². The zero-order valence-corrected chi connectivity index (χ0v) is 21.7. The summed E-state index contributed by atoms with van der Waals surface area (Å²) in [4.78, 5) is 9.21. The lowest BCUT2D eigenvalue weighted by Gasteiger charge is -2.11. The minimum atomic E-state index is 0.792. The van der Waals surface area contributed by atoms with Gasteiger partial charge in [-0.3, -0.25) is 0 Å². The lowest BCUT2D eigenvalue weighted by atomic mass is 9.99. The molecule has 1 aromatic heterocycles. The number of hydrogen-bond acceptors (Lipinski definition) is 3. The molecule has 2 aromatic rings. The van der Waals surface area contributed by atoms with E-state index in [1.807, 2.05) is 24.5 Å². The summed E-state index contributed by atoms with van der Waals surface area (Å²) >= 11 is 0. The second-order valence-electron chi connectivity index (χ2n) is 9.76. The first-order valence-corrected chi connectivity index (χ1v) is 13.8. The molecule has 1 unspecified atom stereocenters. The van der Waals surface area contributed by atoms with Gasteiger partial charge in [0.2, 0.25) is 0 Å². The van der Waals surface area contributed by atoms with Gasteiger partial charge < -0.3 is 4.74 Å². The highest BCUT2D eigenvalue weighted by molar-refractivity contribution is 5.55. The normalized spacial score (nSPS) is 12.1. The van der Waals surface area contributed by atoms with Crippen molar-refractivity contribution < 1.29 is 4.74 Å². The first kappa shape index (κ1) is 27.3. The molecule has 0 spiro atoms. The smallest absolute Gasteiger partial charge is 0.159 e. The Labute approximate surface area is 203 Å². The summed E-state index contributed by atoms with van der Waals surface area (Å²) in [5.74, 6) is 2.53. The van der Waals surface area contributed by atoms with E-state index in [2.05, 4.69) is 42.9 Å². The van der Waals surface area contributed by atoms with Crippen LogP contribution in [-0.4, -0.2) is 16.6 Å². The van der Waals surface area contributed by atoms with Crippen LogP contribution in [0.3, 0.4) is 0 Å². The molecule has 0 fully saturated rings. The Morgan fingerprint density at radius 1 is 0.697 bits per heavy atom. The van der Waals surface area contributed by atoms with Crippen LogP contribution in [-0.2, 0) is 6.42 Å². The monoisotopic (exact) mass is 452 g/mol. The van der Waals surface area contributed by atoms with Gasteiger partial charge in [-0.05, 0) is 61.4 Å². The molecule has 2 rings (SSSR count). The van der Waals surface area contributed by atoms with E-state index in [1.165, 1.54) is 89.0 Å². The average molecular weight is 453 g/mol. The number of aromatic nitrogens is 2. The summed E-state index contributed by atoms with van der Waals surface area (Å²) in [6.45, 7) is 7.68. The van der Waals surface area contributed by atoms with E-state index in [1.54, 1.807) is 0 Å². The third-order valence-corrected chi connectivity index (χ3v) is 6.55. The fraction of sp³-hybridized carbons (Fsp3) is 0.667. The maximum atomic E-state index is 5.93. The molecule has 0 aliphatic carbocycles. The Hall–Kier alpha value is -1.90. The Morgan fingerprint density at radius 3 is 1.91 bits per heavy atom. The van der Waals surface area contributed by atoms with E-state index in [4.69, 9.17) is 4.74 Å². The van der Waals surface area contributed by atoms with Crippen LogP contribution in [0.25, 0.3) is 11.4 Å². The first-order valence-electron chi connectivity index (χ1n) is 13.8. The van der Waals surface area contributed by atoms with Gasteiger partial charge in [0.25, 0.3) is 0 Å². The standard InChI is InChI=1S/C30H48N2O/c1-4-6-8-9-10-11-12-13-14-18-27-24-31-30(32-25-27)28-19-21-29(22-20-28)33-23-15-17-26(3)16-7-5-2/h19-22,24-26H,4-18,23H2,1-3H3. The van der Waals surface area contributed by atoms with E-state index in [9.17, 15) is 0 Å². The molecular weight excluding hydrogens is 404 g/mol. The van der Waals surface area contributed by atoms with E-state index >= 15 is 0 Å². The molecule has 1 heterocycles. The van der Waals surface area contributed by atoms with Crippen LogP contribution in [0.4, 0.5) is 0 Å². The molecule has 33 heavy (non-hydrogen) atoms. The molecule has 0 saturated carbocycles. The van der Waals surface area contributed by atoms with Crippen LogP contribution < -0.4 is 4.74 Å². The van der Waals surface area contributed by atoms with Gasteiger partial charge >= 0.3 is 0 Å². The summed E-state index contributed by atoms with van der Waals surface area (Å²) < 4.78 is 5.93. The molecule has 0 bridgehead atoms. The van der Waals surface area contributed by atoms with Crippen molar-refractivity contribution in [3.05, 3.63) is 42.2 Å². The van der Waals surface area contributed by atoms with Gasteiger partial charge in [0, 0.05) is 18.0 Å². The highest BCUT2D eigenvalue weighted by atomic mass is 16.5. The molecule has 0 aliphatic rings. The topological polar surface area (TPSA) is 35.0 Å². The molecule has 1 aromatic carbocycles. The predicted octanol–water partition coefficient (Wildman–Crippen LogP) is 9.20. The van der Waals surface area contributed by atoms with E-state index in [-0.39, 0.29) is 0 Å². The summed E-state index contributed by atoms with van der Waals surface area (Å²) in [6.07, 6.45) is 23.7. The average Bonchev–Trinajstić information content (AvgIpc) is 2.85. The van der Waals surface area contributed by atoms with Crippen LogP contribution in [0.15, 0.2) is 36.7 Å². The van der Waals surface area contributed by atoms with Crippen molar-refractivity contribution in [1.29, 1.82) is 0 Å². The lowest BCUT2D eigenvalue weighted by molar-refractivity contribution is 0.291. The molecule has 0 radical (unpaired) electrons. The zero-order valence-electron chi connectivity index (χ0n) is 21.7. The number of nitrogens with zero attached hydrogens (tertiary/aromatic N) is 2. The molecule has 1 atom stereocenters. The van der Waals surface area contributed by atoms with Gasteiger partial charge in [0.05, 0.1) is 6.61 Å². The van der Waals surface area contributed by atoms with Gasteiger partial charge in [-0.2, -0.15) is 0 Å². The Morgan fingerprint density at radius 2 is 1.27 bits per heavy atom. The Kier molecular flexibility index (Phi) is 14.6. The summed E-state index contributed by atoms with van der Waals surface area (Å²) in [6, 6.07) is 8.20. The second-order valence-corrected chi connectivity index (χ2v) is 9.76. The quantitative estimate of drug-likeness (QED) is 0.199. The summed E-state index contributed by atoms with van der Waals surface area (Å²) in [5.41, 5.74) is 2.29. The van der Waals surface area contributed by atoms with Crippen LogP contribution in [0.2, 0.25) is 0 Å². The second kappa shape index (κ2) is 17.6. The number of hydrogen-bond donors (Lipinski definition) is 0. The highest BCUT2D eigenvalue weighted by Crippen LogP contribution is 2.21. The number of ether oxygens (including phenoxy) is 1. The minimum absolute atomic E-state index is 0.792. The van der Waals surface area contributed by atoms with Crippen molar-refractivity contribution in [2.75, 3.05) is 6.61 Å². The van der Waals surface area contributed by atoms with E-state index < -0.39 is 0 Å². The van der Waals surface area contributed by atoms with Gasteiger partial charge in [0.15, 0.2) is 5.82 Å². The van der Waals surface area contributed by atoms with Crippen molar-refractivity contribution in [1.82, 2.24) is 9.97 Å². The van der Waals surface area contributed by atoms with Crippen LogP contribution >= 0.6 is 0 Å². The molecular formula is C30H48N2O. The number of unbranched alkanes of at least 4 members (excludes halogenated alkanes) is 9. The molecule has 0 N–H and O–H groups in total. The van der Waals surface area contributed by atoms with Gasteiger partial charge in [0.1, 0.15) is 5.75 Å². The van der Waals surface area contributed by atoms with Crippen LogP contribution in [0, 0.1) is 5.92 Å².